The maximum Gasteiger partial charge on any atom is 0.200 e. The Balaban J connectivity index is 2.05. The van der Waals surface area contributed by atoms with Gasteiger partial charge in [-0.15, -0.1) is 17.2 Å². The molecule has 0 saturated carbocycles. The maximum atomic E-state index is 16.8. The molecule has 1 aliphatic rings. The fraction of sp³-hybridized carbons (Fsp3) is 0.273. The SMILES string of the molecule is Cc1ccc(SC2=C([Si](C)(C)C)[B-](c3c(F)c(F)c(F)c(F)c3F)(c3c(F)c(F)c(F)c(F)c3F)CC[P+]2(c2c(C)cc(C)cc2C)c2c(C)cc(C)cc2C)cc1. The van der Waals surface area contributed by atoms with Gasteiger partial charge in [0.2, 0.25) is 0 Å². The van der Waals surface area contributed by atoms with E-state index in [4.69, 9.17) is 0 Å². The number of benzene rings is 5. The molecule has 1 heterocycles. The van der Waals surface area contributed by atoms with Gasteiger partial charge in [-0.2, -0.15) is 5.10 Å². The molecule has 0 aromatic heterocycles. The van der Waals surface area contributed by atoms with Crippen molar-refractivity contribution in [1.29, 1.82) is 0 Å². The van der Waals surface area contributed by atoms with E-state index in [1.165, 1.54) is 0 Å². The van der Waals surface area contributed by atoms with Gasteiger partial charge in [0.15, 0.2) is 34.9 Å². The van der Waals surface area contributed by atoms with Crippen molar-refractivity contribution >= 4 is 54.8 Å². The third-order valence-electron chi connectivity index (χ3n) is 11.5. The third-order valence-corrected chi connectivity index (χ3v) is 21.2. The molecular weight excluding hydrogens is 820 g/mol. The molecule has 0 nitrogen and oxygen atoms in total. The molecule has 14 heteroatoms. The fourth-order valence-electron chi connectivity index (χ4n) is 9.88. The lowest BCUT2D eigenvalue weighted by Gasteiger charge is -2.55. The van der Waals surface area contributed by atoms with Crippen molar-refractivity contribution < 1.29 is 43.9 Å². The standard InChI is InChI=1S/C44H42BF10PSSi/c1-21-11-13-28(14-12-21)57-44-43(58(8,9)10)45(29-31(46)35(50)39(54)36(51)32(29)47,30-33(48)37(52)40(55)38(53)34(30)49)15-16-56(44,41-24(4)17-22(2)18-25(41)5)42-26(6)19-23(3)20-27(42)7/h11-14,17-20H,15-16H2,1-10H3. The molecule has 5 aromatic carbocycles. The van der Waals surface area contributed by atoms with Crippen LogP contribution in [0.4, 0.5) is 43.9 Å². The van der Waals surface area contributed by atoms with E-state index >= 15 is 35.1 Å². The van der Waals surface area contributed by atoms with Gasteiger partial charge >= 0.3 is 0 Å². The first-order valence-electron chi connectivity index (χ1n) is 18.7. The monoisotopic (exact) mass is 862 g/mol. The average molecular weight is 863 g/mol. The topological polar surface area (TPSA) is 0 Å². The Morgan fingerprint density at radius 2 is 0.810 bits per heavy atom. The molecule has 306 valence electrons. The van der Waals surface area contributed by atoms with E-state index in [2.05, 4.69) is 0 Å². The Morgan fingerprint density at radius 3 is 1.14 bits per heavy atom. The summed E-state index contributed by atoms with van der Waals surface area (Å²) in [4.78, 5) is 0.576. The molecule has 6 rings (SSSR count). The molecular formula is C44H42BF10PSSi. The zero-order valence-corrected chi connectivity index (χ0v) is 36.5. The Morgan fingerprint density at radius 1 is 0.483 bits per heavy atom. The number of hydrogen-bond acceptors (Lipinski definition) is 1. The van der Waals surface area contributed by atoms with Gasteiger partial charge in [0.25, 0.3) is 0 Å². The molecule has 0 spiro atoms. The van der Waals surface area contributed by atoms with E-state index < -0.39 is 96.9 Å². The molecule has 0 atom stereocenters. The van der Waals surface area contributed by atoms with Crippen LogP contribution in [-0.4, -0.2) is 20.4 Å². The van der Waals surface area contributed by atoms with Crippen LogP contribution < -0.4 is 21.5 Å². The number of halogens is 10. The minimum absolute atomic E-state index is 0.0391. The van der Waals surface area contributed by atoms with Crippen LogP contribution in [0.2, 0.25) is 26.0 Å². The van der Waals surface area contributed by atoms with E-state index in [-0.39, 0.29) is 11.3 Å². The maximum absolute atomic E-state index is 16.8. The zero-order chi connectivity index (χ0) is 43.1. The summed E-state index contributed by atoms with van der Waals surface area (Å²) >= 11 is 1.15. The Kier molecular flexibility index (Phi) is 11.6. The Labute approximate surface area is 338 Å². The second-order valence-electron chi connectivity index (χ2n) is 16.7. The van der Waals surface area contributed by atoms with Crippen LogP contribution in [-0.2, 0) is 0 Å². The van der Waals surface area contributed by atoms with Crippen LogP contribution >= 0.6 is 19.0 Å². The van der Waals surface area contributed by atoms with E-state index in [1.807, 2.05) is 84.9 Å². The zero-order valence-electron chi connectivity index (χ0n) is 33.7. The molecule has 0 N–H and O–H groups in total. The van der Waals surface area contributed by atoms with Crippen LogP contribution in [0.25, 0.3) is 0 Å². The smallest absolute Gasteiger partial charge is 0.200 e. The van der Waals surface area contributed by atoms with E-state index in [1.54, 1.807) is 31.8 Å². The lowest BCUT2D eigenvalue weighted by molar-refractivity contribution is 0.381. The highest BCUT2D eigenvalue weighted by Crippen LogP contribution is 2.74. The van der Waals surface area contributed by atoms with Gasteiger partial charge in [0.1, 0.15) is 45.8 Å². The lowest BCUT2D eigenvalue weighted by Crippen LogP contribution is -2.70. The van der Waals surface area contributed by atoms with E-state index in [0.29, 0.717) is 9.54 Å². The first-order chi connectivity index (χ1) is 26.9. The Hall–Kier alpha value is -3.80. The summed E-state index contributed by atoms with van der Waals surface area (Å²) in [7, 11) is -6.84. The number of hydrogen-bond donors (Lipinski definition) is 0. The molecule has 0 radical (unpaired) electrons. The first kappa shape index (κ1) is 43.8. The van der Waals surface area contributed by atoms with Crippen molar-refractivity contribution in [2.24, 2.45) is 0 Å². The van der Waals surface area contributed by atoms with Gasteiger partial charge in [-0.05, 0) is 82.9 Å². The lowest BCUT2D eigenvalue weighted by atomic mass is 9.16. The quantitative estimate of drug-likeness (QED) is 0.0516. The highest BCUT2D eigenvalue weighted by molar-refractivity contribution is 8.17. The summed E-state index contributed by atoms with van der Waals surface area (Å²) in [5, 5.41) is 1.65. The summed E-state index contributed by atoms with van der Waals surface area (Å²) in [5.41, 5.74) is 2.83. The van der Waals surface area contributed by atoms with Gasteiger partial charge < -0.3 is 0 Å². The van der Waals surface area contributed by atoms with Crippen LogP contribution in [0.5, 0.6) is 0 Å². The minimum Gasteiger partial charge on any atom is -0.207 e. The molecule has 1 aliphatic heterocycles. The van der Waals surface area contributed by atoms with Crippen molar-refractivity contribution in [3.05, 3.63) is 155 Å². The van der Waals surface area contributed by atoms with Gasteiger partial charge in [-0.3, -0.25) is 0 Å². The van der Waals surface area contributed by atoms with E-state index in [0.717, 1.165) is 61.3 Å². The molecule has 0 fully saturated rings. The summed E-state index contributed by atoms with van der Waals surface area (Å²) < 4.78 is 160. The second-order valence-corrected chi connectivity index (χ2v) is 26.5. The molecule has 5 aromatic rings. The van der Waals surface area contributed by atoms with Crippen molar-refractivity contribution in [3.63, 3.8) is 0 Å². The van der Waals surface area contributed by atoms with Crippen LogP contribution in [0.3, 0.4) is 0 Å². The van der Waals surface area contributed by atoms with E-state index in [9.17, 15) is 8.78 Å². The highest BCUT2D eigenvalue weighted by Gasteiger charge is 2.61. The van der Waals surface area contributed by atoms with Crippen LogP contribution in [0, 0.1) is 107 Å². The first-order valence-corrected chi connectivity index (χ1v) is 25.0. The van der Waals surface area contributed by atoms with Crippen molar-refractivity contribution in [2.45, 2.75) is 79.3 Å². The molecule has 0 amide bonds. The average Bonchev–Trinajstić information content (AvgIpc) is 3.12. The summed E-state index contributed by atoms with van der Waals surface area (Å²) in [6.07, 6.45) is -5.12. The predicted molar refractivity (Wildman–Crippen MR) is 222 cm³/mol. The minimum atomic E-state index is -4.21. The number of rotatable bonds is 7. The second kappa shape index (κ2) is 15.3. The number of thioether (sulfide) groups is 1. The molecule has 58 heavy (non-hydrogen) atoms. The van der Waals surface area contributed by atoms with Gasteiger partial charge in [0, 0.05) is 19.1 Å². The van der Waals surface area contributed by atoms with Crippen molar-refractivity contribution in [1.82, 2.24) is 0 Å². The third kappa shape index (κ3) is 6.67. The van der Waals surface area contributed by atoms with Gasteiger partial charge in [-0.25, -0.2) is 43.9 Å². The van der Waals surface area contributed by atoms with Gasteiger partial charge in [-0.1, -0.05) is 84.5 Å². The number of aryl methyl sites for hydroxylation is 7. The molecule has 0 bridgehead atoms. The Bertz CT molecular complexity index is 2330. The summed E-state index contributed by atoms with van der Waals surface area (Å²) in [6, 6.07) is 15.1. The van der Waals surface area contributed by atoms with Crippen LogP contribution in [0.1, 0.15) is 38.9 Å². The highest BCUT2D eigenvalue weighted by atomic mass is 32.2. The summed E-state index contributed by atoms with van der Waals surface area (Å²) in [6.45, 7) is 18.4. The van der Waals surface area contributed by atoms with Gasteiger partial charge in [0.05, 0.1) is 6.15 Å². The summed E-state index contributed by atoms with van der Waals surface area (Å²) in [5.74, 6) is -24.2. The van der Waals surface area contributed by atoms with Crippen molar-refractivity contribution in [2.75, 3.05) is 6.16 Å². The van der Waals surface area contributed by atoms with Crippen LogP contribution in [0.15, 0.2) is 63.2 Å². The fourth-order valence-corrected chi connectivity index (χ4v) is 23.0. The predicted octanol–water partition coefficient (Wildman–Crippen LogP) is 11.9. The molecule has 0 saturated heterocycles. The molecule has 0 aliphatic carbocycles. The normalized spacial score (nSPS) is 15.4. The van der Waals surface area contributed by atoms with Crippen molar-refractivity contribution in [3.8, 4) is 0 Å². The largest absolute Gasteiger partial charge is 0.207 e. The molecule has 0 unspecified atom stereocenters.